The summed E-state index contributed by atoms with van der Waals surface area (Å²) in [4.78, 5) is 12.3. The highest BCUT2D eigenvalue weighted by Gasteiger charge is 2.11. The number of rotatable bonds is 5. The number of hydrogen-bond donors (Lipinski definition) is 1. The van der Waals surface area contributed by atoms with Crippen LogP contribution in [0.3, 0.4) is 0 Å². The number of para-hydroxylation sites is 1. The maximum Gasteiger partial charge on any atom is 0.254 e. The van der Waals surface area contributed by atoms with E-state index in [9.17, 15) is 4.79 Å². The molecule has 2 heterocycles. The van der Waals surface area contributed by atoms with Crippen molar-refractivity contribution in [3.05, 3.63) is 59.6 Å². The molecule has 0 aliphatic rings. The highest BCUT2D eigenvalue weighted by Crippen LogP contribution is 2.26. The van der Waals surface area contributed by atoms with E-state index < -0.39 is 5.91 Å². The molecule has 0 saturated heterocycles. The monoisotopic (exact) mass is 335 g/mol. The van der Waals surface area contributed by atoms with E-state index in [-0.39, 0.29) is 6.42 Å². The third-order valence-corrected chi connectivity index (χ3v) is 4.03. The van der Waals surface area contributed by atoms with Gasteiger partial charge in [0.05, 0.1) is 22.8 Å². The van der Waals surface area contributed by atoms with Gasteiger partial charge in [0.1, 0.15) is 12.1 Å². The summed E-state index contributed by atoms with van der Waals surface area (Å²) in [5, 5.41) is 19.0. The molecule has 0 atom stereocenters. The van der Waals surface area contributed by atoms with Gasteiger partial charge in [-0.25, -0.2) is 10.1 Å². The number of aromatic nitrogens is 2. The van der Waals surface area contributed by atoms with E-state index in [1.165, 1.54) is 6.21 Å². The summed E-state index contributed by atoms with van der Waals surface area (Å²) in [6, 6.07) is 15.5. The summed E-state index contributed by atoms with van der Waals surface area (Å²) in [6.45, 7) is 0. The van der Waals surface area contributed by atoms with Gasteiger partial charge in [0.2, 0.25) is 0 Å². The van der Waals surface area contributed by atoms with Crippen molar-refractivity contribution in [1.29, 1.82) is 5.26 Å². The number of benzene rings is 1. The molecule has 118 valence electrons. The molecular weight excluding hydrogens is 322 g/mol. The normalized spacial score (nSPS) is 10.6. The highest BCUT2D eigenvalue weighted by molar-refractivity contribution is 7.13. The Morgan fingerprint density at radius 3 is 2.88 bits per heavy atom. The average molecular weight is 335 g/mol. The van der Waals surface area contributed by atoms with E-state index in [1.54, 1.807) is 22.1 Å². The first-order valence-electron chi connectivity index (χ1n) is 7.16. The number of hydrogen-bond acceptors (Lipinski definition) is 5. The van der Waals surface area contributed by atoms with Gasteiger partial charge < -0.3 is 0 Å². The van der Waals surface area contributed by atoms with Crippen molar-refractivity contribution in [2.45, 2.75) is 6.42 Å². The second-order valence-electron chi connectivity index (χ2n) is 4.82. The third-order valence-electron chi connectivity index (χ3n) is 3.15. The van der Waals surface area contributed by atoms with Crippen LogP contribution in [0.4, 0.5) is 0 Å². The van der Waals surface area contributed by atoms with Crippen LogP contribution in [-0.2, 0) is 4.79 Å². The van der Waals surface area contributed by atoms with Crippen LogP contribution in [0.25, 0.3) is 16.3 Å². The zero-order valence-electron chi connectivity index (χ0n) is 12.6. The van der Waals surface area contributed by atoms with Gasteiger partial charge in [0.15, 0.2) is 0 Å². The number of amides is 1. The molecule has 7 heteroatoms. The molecule has 0 bridgehead atoms. The second kappa shape index (κ2) is 7.35. The van der Waals surface area contributed by atoms with Gasteiger partial charge in [-0.2, -0.15) is 15.5 Å². The molecule has 0 aliphatic heterocycles. The minimum atomic E-state index is -0.443. The fraction of sp³-hybridized carbons (Fsp3) is 0.0588. The summed E-state index contributed by atoms with van der Waals surface area (Å²) in [5.74, 6) is -0.443. The molecular formula is C17H13N5OS. The zero-order chi connectivity index (χ0) is 16.8. The van der Waals surface area contributed by atoms with Crippen molar-refractivity contribution >= 4 is 23.5 Å². The summed E-state index contributed by atoms with van der Waals surface area (Å²) in [7, 11) is 0. The molecule has 1 aromatic carbocycles. The fourth-order valence-corrected chi connectivity index (χ4v) is 2.82. The lowest BCUT2D eigenvalue weighted by Gasteiger charge is -1.98. The van der Waals surface area contributed by atoms with Gasteiger partial charge in [0.25, 0.3) is 5.91 Å². The van der Waals surface area contributed by atoms with Crippen LogP contribution in [0, 0.1) is 11.3 Å². The highest BCUT2D eigenvalue weighted by atomic mass is 32.1. The number of carbonyl (C=O) groups is 1. The molecule has 6 nitrogen and oxygen atoms in total. The van der Waals surface area contributed by atoms with E-state index in [2.05, 4.69) is 15.6 Å². The van der Waals surface area contributed by atoms with Crippen LogP contribution in [0.15, 0.2) is 59.1 Å². The molecule has 3 rings (SSSR count). The molecule has 1 amide bonds. The van der Waals surface area contributed by atoms with Crippen molar-refractivity contribution in [2.24, 2.45) is 5.10 Å². The Hall–Kier alpha value is -3.24. The summed E-state index contributed by atoms with van der Waals surface area (Å²) < 4.78 is 1.77. The molecule has 0 fully saturated rings. The number of nitriles is 1. The number of nitrogens with one attached hydrogen (secondary N) is 1. The molecule has 3 aromatic rings. The van der Waals surface area contributed by atoms with E-state index in [0.717, 1.165) is 21.8 Å². The lowest BCUT2D eigenvalue weighted by Crippen LogP contribution is -2.16. The minimum Gasteiger partial charge on any atom is -0.272 e. The standard InChI is InChI=1S/C17H13N5OS/c18-9-8-16(23)20-19-11-13-12-22(14-5-2-1-3-6-14)21-17(13)15-7-4-10-24-15/h1-7,10-12H,8H2,(H,20,23)/b19-11-. The average Bonchev–Trinajstić information content (AvgIpc) is 3.25. The van der Waals surface area contributed by atoms with E-state index in [4.69, 9.17) is 5.26 Å². The van der Waals surface area contributed by atoms with E-state index in [1.807, 2.05) is 54.0 Å². The molecule has 2 aromatic heterocycles. The first-order valence-corrected chi connectivity index (χ1v) is 8.03. The molecule has 24 heavy (non-hydrogen) atoms. The topological polar surface area (TPSA) is 83.1 Å². The molecule has 0 aliphatic carbocycles. The largest absolute Gasteiger partial charge is 0.272 e. The predicted octanol–water partition coefficient (Wildman–Crippen LogP) is 2.96. The molecule has 0 unspecified atom stereocenters. The number of nitrogens with zero attached hydrogens (tertiary/aromatic N) is 4. The van der Waals surface area contributed by atoms with Crippen molar-refractivity contribution in [1.82, 2.24) is 15.2 Å². The fourth-order valence-electron chi connectivity index (χ4n) is 2.08. The van der Waals surface area contributed by atoms with Gasteiger partial charge in [0, 0.05) is 11.8 Å². The molecule has 0 radical (unpaired) electrons. The van der Waals surface area contributed by atoms with Crippen LogP contribution in [-0.4, -0.2) is 21.9 Å². The third kappa shape index (κ3) is 3.56. The lowest BCUT2D eigenvalue weighted by atomic mass is 10.2. The van der Waals surface area contributed by atoms with Crippen LogP contribution < -0.4 is 5.43 Å². The molecule has 0 saturated carbocycles. The van der Waals surface area contributed by atoms with Gasteiger partial charge in [-0.05, 0) is 23.6 Å². The second-order valence-corrected chi connectivity index (χ2v) is 5.77. The minimum absolute atomic E-state index is 0.224. The Morgan fingerprint density at radius 1 is 1.33 bits per heavy atom. The first kappa shape index (κ1) is 15.6. The van der Waals surface area contributed by atoms with Crippen LogP contribution in [0.2, 0.25) is 0 Å². The summed E-state index contributed by atoms with van der Waals surface area (Å²) >= 11 is 1.58. The van der Waals surface area contributed by atoms with E-state index in [0.29, 0.717) is 0 Å². The maximum atomic E-state index is 11.3. The van der Waals surface area contributed by atoms with Crippen molar-refractivity contribution in [3.63, 3.8) is 0 Å². The van der Waals surface area contributed by atoms with E-state index >= 15 is 0 Å². The molecule has 0 spiro atoms. The van der Waals surface area contributed by atoms with Crippen molar-refractivity contribution in [2.75, 3.05) is 0 Å². The Labute approximate surface area is 142 Å². The number of thiophene rings is 1. The van der Waals surface area contributed by atoms with Gasteiger partial charge >= 0.3 is 0 Å². The maximum absolute atomic E-state index is 11.3. The Morgan fingerprint density at radius 2 is 2.17 bits per heavy atom. The van der Waals surface area contributed by atoms with Crippen molar-refractivity contribution in [3.8, 4) is 22.3 Å². The molecule has 1 N–H and O–H groups in total. The number of carbonyl (C=O) groups excluding carboxylic acids is 1. The summed E-state index contributed by atoms with van der Waals surface area (Å²) in [6.07, 6.45) is 3.17. The lowest BCUT2D eigenvalue weighted by molar-refractivity contribution is -0.120. The van der Waals surface area contributed by atoms with Crippen LogP contribution >= 0.6 is 11.3 Å². The van der Waals surface area contributed by atoms with Crippen LogP contribution in [0.5, 0.6) is 0 Å². The quantitative estimate of drug-likeness (QED) is 0.575. The first-order chi connectivity index (χ1) is 11.8. The van der Waals surface area contributed by atoms with Crippen LogP contribution in [0.1, 0.15) is 12.0 Å². The Balaban J connectivity index is 1.92. The predicted molar refractivity (Wildman–Crippen MR) is 92.8 cm³/mol. The Bertz CT molecular complexity index is 891. The Kier molecular flexibility index (Phi) is 4.79. The zero-order valence-corrected chi connectivity index (χ0v) is 13.4. The SMILES string of the molecule is N#CCC(=O)N/N=C\c1cn(-c2ccccc2)nc1-c1cccs1. The smallest absolute Gasteiger partial charge is 0.254 e. The van der Waals surface area contributed by atoms with Gasteiger partial charge in [-0.1, -0.05) is 24.3 Å². The summed E-state index contributed by atoms with van der Waals surface area (Å²) in [5.41, 5.74) is 4.82. The van der Waals surface area contributed by atoms with Gasteiger partial charge in [-0.3, -0.25) is 4.79 Å². The number of hydrazone groups is 1. The van der Waals surface area contributed by atoms with Gasteiger partial charge in [-0.15, -0.1) is 11.3 Å². The van der Waals surface area contributed by atoms with Crippen molar-refractivity contribution < 1.29 is 4.79 Å².